The molecular formula is C13H19F3N2. The predicted octanol–water partition coefficient (Wildman–Crippen LogP) is 2.79. The van der Waals surface area contributed by atoms with Crippen molar-refractivity contribution in [3.63, 3.8) is 0 Å². The van der Waals surface area contributed by atoms with Gasteiger partial charge in [-0.25, -0.2) is 0 Å². The summed E-state index contributed by atoms with van der Waals surface area (Å²) < 4.78 is 36.4. The van der Waals surface area contributed by atoms with Gasteiger partial charge < -0.3 is 10.2 Å². The van der Waals surface area contributed by atoms with Crippen LogP contribution in [-0.2, 0) is 13.1 Å². The van der Waals surface area contributed by atoms with Crippen LogP contribution in [0.25, 0.3) is 0 Å². The van der Waals surface area contributed by atoms with Gasteiger partial charge in [0.25, 0.3) is 0 Å². The van der Waals surface area contributed by atoms with E-state index in [9.17, 15) is 13.2 Å². The Morgan fingerprint density at radius 2 is 1.78 bits per heavy atom. The first kappa shape index (κ1) is 15.0. The molecule has 5 heteroatoms. The molecule has 0 aliphatic heterocycles. The van der Waals surface area contributed by atoms with Crippen LogP contribution in [0.2, 0.25) is 0 Å². The maximum absolute atomic E-state index is 12.1. The molecule has 0 bridgehead atoms. The molecule has 102 valence electrons. The predicted molar refractivity (Wildman–Crippen MR) is 66.2 cm³/mol. The maximum Gasteiger partial charge on any atom is 0.390 e. The summed E-state index contributed by atoms with van der Waals surface area (Å²) in [6.07, 6.45) is -4.85. The maximum atomic E-state index is 12.1. The summed E-state index contributed by atoms with van der Waals surface area (Å²) in [5.74, 6) is 0. The lowest BCUT2D eigenvalue weighted by Crippen LogP contribution is -2.25. The molecule has 1 N–H and O–H groups in total. The zero-order valence-electron chi connectivity index (χ0n) is 10.7. The standard InChI is InChI=1S/C13H19F3N2/c1-17-9-11-5-3-4-6-12(11)10-18(2)8-7-13(14,15)16/h3-6,17H,7-10H2,1-2H3. The number of nitrogens with zero attached hydrogens (tertiary/aromatic N) is 1. The molecule has 0 atom stereocenters. The highest BCUT2D eigenvalue weighted by atomic mass is 19.4. The van der Waals surface area contributed by atoms with Gasteiger partial charge in [-0.1, -0.05) is 24.3 Å². The third kappa shape index (κ3) is 5.51. The van der Waals surface area contributed by atoms with Crippen molar-refractivity contribution >= 4 is 0 Å². The summed E-state index contributed by atoms with van der Waals surface area (Å²) in [6, 6.07) is 7.79. The molecule has 0 unspecified atom stereocenters. The van der Waals surface area contributed by atoms with E-state index in [1.807, 2.05) is 31.3 Å². The summed E-state index contributed by atoms with van der Waals surface area (Å²) in [5, 5.41) is 3.06. The summed E-state index contributed by atoms with van der Waals surface area (Å²) in [4.78, 5) is 1.70. The minimum absolute atomic E-state index is 0.0252. The first-order valence-electron chi connectivity index (χ1n) is 5.89. The van der Waals surface area contributed by atoms with E-state index in [1.165, 1.54) is 0 Å². The monoisotopic (exact) mass is 260 g/mol. The van der Waals surface area contributed by atoms with E-state index in [0.29, 0.717) is 6.54 Å². The number of alkyl halides is 3. The lowest BCUT2D eigenvalue weighted by atomic mass is 10.1. The van der Waals surface area contributed by atoms with Crippen LogP contribution in [0.3, 0.4) is 0 Å². The Bertz CT molecular complexity index is 363. The van der Waals surface area contributed by atoms with E-state index < -0.39 is 12.6 Å². The molecule has 1 aromatic rings. The van der Waals surface area contributed by atoms with Crippen LogP contribution in [-0.4, -0.2) is 31.7 Å². The van der Waals surface area contributed by atoms with Gasteiger partial charge in [0.05, 0.1) is 6.42 Å². The fourth-order valence-corrected chi connectivity index (χ4v) is 1.76. The molecule has 1 rings (SSSR count). The van der Waals surface area contributed by atoms with Gasteiger partial charge in [0, 0.05) is 19.6 Å². The number of hydrogen-bond donors (Lipinski definition) is 1. The van der Waals surface area contributed by atoms with Crippen molar-refractivity contribution < 1.29 is 13.2 Å². The second kappa shape index (κ2) is 6.75. The van der Waals surface area contributed by atoms with Gasteiger partial charge in [0.2, 0.25) is 0 Å². The average molecular weight is 260 g/mol. The fourth-order valence-electron chi connectivity index (χ4n) is 1.76. The lowest BCUT2D eigenvalue weighted by molar-refractivity contribution is -0.137. The van der Waals surface area contributed by atoms with Crippen LogP contribution in [0.4, 0.5) is 13.2 Å². The van der Waals surface area contributed by atoms with Crippen molar-refractivity contribution in [3.8, 4) is 0 Å². The second-order valence-corrected chi connectivity index (χ2v) is 4.40. The Kier molecular flexibility index (Phi) is 5.62. The van der Waals surface area contributed by atoms with Gasteiger partial charge >= 0.3 is 6.18 Å². The van der Waals surface area contributed by atoms with E-state index in [4.69, 9.17) is 0 Å². The molecule has 0 saturated heterocycles. The Morgan fingerprint density at radius 1 is 1.17 bits per heavy atom. The molecular weight excluding hydrogens is 241 g/mol. The van der Waals surface area contributed by atoms with E-state index in [-0.39, 0.29) is 6.54 Å². The van der Waals surface area contributed by atoms with Crippen LogP contribution in [0.5, 0.6) is 0 Å². The molecule has 18 heavy (non-hydrogen) atoms. The topological polar surface area (TPSA) is 15.3 Å². The minimum Gasteiger partial charge on any atom is -0.316 e. The summed E-state index contributed by atoms with van der Waals surface area (Å²) in [6.45, 7) is 1.29. The minimum atomic E-state index is -4.08. The summed E-state index contributed by atoms with van der Waals surface area (Å²) in [7, 11) is 3.56. The lowest BCUT2D eigenvalue weighted by Gasteiger charge is -2.19. The first-order valence-corrected chi connectivity index (χ1v) is 5.89. The fraction of sp³-hybridized carbons (Fsp3) is 0.538. The van der Waals surface area contributed by atoms with Crippen molar-refractivity contribution in [2.24, 2.45) is 0 Å². The molecule has 1 aromatic carbocycles. The highest BCUT2D eigenvalue weighted by molar-refractivity contribution is 5.26. The highest BCUT2D eigenvalue weighted by Crippen LogP contribution is 2.20. The van der Waals surface area contributed by atoms with Gasteiger partial charge in [0.15, 0.2) is 0 Å². The van der Waals surface area contributed by atoms with Gasteiger partial charge in [-0.05, 0) is 25.2 Å². The molecule has 2 nitrogen and oxygen atoms in total. The van der Waals surface area contributed by atoms with Crippen LogP contribution in [0.15, 0.2) is 24.3 Å². The number of rotatable bonds is 6. The van der Waals surface area contributed by atoms with Gasteiger partial charge in [-0.15, -0.1) is 0 Å². The van der Waals surface area contributed by atoms with Crippen molar-refractivity contribution in [2.45, 2.75) is 25.7 Å². The van der Waals surface area contributed by atoms with Crippen LogP contribution >= 0.6 is 0 Å². The molecule has 0 amide bonds. The molecule has 0 saturated carbocycles. The number of hydrogen-bond acceptors (Lipinski definition) is 2. The third-order valence-electron chi connectivity index (χ3n) is 2.70. The Hall–Kier alpha value is -1.07. The van der Waals surface area contributed by atoms with Crippen LogP contribution in [0.1, 0.15) is 17.5 Å². The second-order valence-electron chi connectivity index (χ2n) is 4.40. The molecule has 0 fully saturated rings. The first-order chi connectivity index (χ1) is 8.42. The van der Waals surface area contributed by atoms with Crippen LogP contribution in [0, 0.1) is 0 Å². The van der Waals surface area contributed by atoms with Crippen LogP contribution < -0.4 is 5.32 Å². The number of nitrogens with one attached hydrogen (secondary N) is 1. The zero-order chi connectivity index (χ0) is 13.6. The van der Waals surface area contributed by atoms with E-state index in [2.05, 4.69) is 5.32 Å². The highest BCUT2D eigenvalue weighted by Gasteiger charge is 2.27. The van der Waals surface area contributed by atoms with Gasteiger partial charge in [-0.3, -0.25) is 0 Å². The van der Waals surface area contributed by atoms with Crippen molar-refractivity contribution in [1.29, 1.82) is 0 Å². The third-order valence-corrected chi connectivity index (χ3v) is 2.70. The Labute approximate surface area is 106 Å². The van der Waals surface area contributed by atoms with Crippen molar-refractivity contribution in [2.75, 3.05) is 20.6 Å². The van der Waals surface area contributed by atoms with Gasteiger partial charge in [0.1, 0.15) is 0 Å². The molecule has 0 spiro atoms. The quantitative estimate of drug-likeness (QED) is 0.846. The Morgan fingerprint density at radius 3 is 2.33 bits per heavy atom. The van der Waals surface area contributed by atoms with Gasteiger partial charge in [-0.2, -0.15) is 13.2 Å². The summed E-state index contributed by atoms with van der Waals surface area (Å²) in [5.41, 5.74) is 2.19. The SMILES string of the molecule is CNCc1ccccc1CN(C)CCC(F)(F)F. The molecule has 0 radical (unpaired) electrons. The normalized spacial score (nSPS) is 12.1. The van der Waals surface area contributed by atoms with E-state index in [1.54, 1.807) is 11.9 Å². The van der Waals surface area contributed by atoms with E-state index >= 15 is 0 Å². The van der Waals surface area contributed by atoms with Crippen molar-refractivity contribution in [3.05, 3.63) is 35.4 Å². The van der Waals surface area contributed by atoms with E-state index in [0.717, 1.165) is 17.7 Å². The molecule has 0 aromatic heterocycles. The number of benzene rings is 1. The average Bonchev–Trinajstić information content (AvgIpc) is 2.29. The Balaban J connectivity index is 2.55. The smallest absolute Gasteiger partial charge is 0.316 e. The van der Waals surface area contributed by atoms with Crippen molar-refractivity contribution in [1.82, 2.24) is 10.2 Å². The largest absolute Gasteiger partial charge is 0.390 e. The zero-order valence-corrected chi connectivity index (χ0v) is 10.7. The molecule has 0 heterocycles. The number of halogens is 3. The summed E-state index contributed by atoms with van der Waals surface area (Å²) >= 11 is 0. The molecule has 0 aliphatic rings. The molecule has 0 aliphatic carbocycles.